The topological polar surface area (TPSA) is 61.7 Å². The Morgan fingerprint density at radius 3 is 2.41 bits per heavy atom. The predicted octanol–water partition coefficient (Wildman–Crippen LogP) is 2.11. The van der Waals surface area contributed by atoms with Crippen molar-refractivity contribution in [1.29, 1.82) is 0 Å². The third-order valence-corrected chi connectivity index (χ3v) is 5.62. The molecule has 6 nitrogen and oxygen atoms in total. The first-order valence-corrected chi connectivity index (χ1v) is 9.78. The van der Waals surface area contributed by atoms with Gasteiger partial charge in [-0.2, -0.15) is 0 Å². The number of aliphatic hydroxyl groups is 1. The van der Waals surface area contributed by atoms with Crippen LogP contribution in [0.15, 0.2) is 36.7 Å². The third-order valence-electron chi connectivity index (χ3n) is 5.62. The summed E-state index contributed by atoms with van der Waals surface area (Å²) in [6.45, 7) is 8.10. The number of rotatable bonds is 4. The smallest absolute Gasteiger partial charge is 0.128 e. The van der Waals surface area contributed by atoms with E-state index in [1.807, 2.05) is 31.5 Å². The summed E-state index contributed by atoms with van der Waals surface area (Å²) in [5.41, 5.74) is 2.29. The first-order valence-electron chi connectivity index (χ1n) is 9.78. The molecule has 6 heteroatoms. The van der Waals surface area contributed by atoms with Gasteiger partial charge in [0, 0.05) is 45.1 Å². The van der Waals surface area contributed by atoms with E-state index in [1.165, 1.54) is 5.56 Å². The maximum absolute atomic E-state index is 11.0. The van der Waals surface area contributed by atoms with E-state index in [1.54, 1.807) is 0 Å². The minimum Gasteiger partial charge on any atom is -0.383 e. The van der Waals surface area contributed by atoms with Crippen molar-refractivity contribution in [3.8, 4) is 0 Å². The van der Waals surface area contributed by atoms with Gasteiger partial charge in [0.2, 0.25) is 0 Å². The average molecular weight is 368 g/mol. The summed E-state index contributed by atoms with van der Waals surface area (Å²) >= 11 is 0. The number of ether oxygens (including phenoxy) is 1. The third kappa shape index (κ3) is 4.29. The molecule has 2 aliphatic heterocycles. The average Bonchev–Trinajstić information content (AvgIpc) is 2.70. The Kier molecular flexibility index (Phi) is 5.38. The van der Waals surface area contributed by atoms with Crippen molar-refractivity contribution in [2.75, 3.05) is 44.3 Å². The number of nitrogens with zero attached hydrogens (tertiary/aromatic N) is 4. The molecule has 0 aromatic carbocycles. The molecule has 0 amide bonds. The largest absolute Gasteiger partial charge is 0.383 e. The zero-order valence-corrected chi connectivity index (χ0v) is 16.0. The molecule has 4 heterocycles. The van der Waals surface area contributed by atoms with E-state index in [-0.39, 0.29) is 0 Å². The Balaban J connectivity index is 1.35. The second kappa shape index (κ2) is 7.92. The zero-order valence-electron chi connectivity index (χ0n) is 16.0. The van der Waals surface area contributed by atoms with Crippen LogP contribution < -0.4 is 4.90 Å². The van der Waals surface area contributed by atoms with E-state index in [9.17, 15) is 5.11 Å². The molecule has 0 saturated carbocycles. The summed E-state index contributed by atoms with van der Waals surface area (Å²) in [5, 5.41) is 11.0. The summed E-state index contributed by atoms with van der Waals surface area (Å²) < 4.78 is 5.40. The SMILES string of the molecule is Cc1ccc(C2(O)CCN(c3ccc(CN4CCOCC4)cn3)CC2)nc1. The van der Waals surface area contributed by atoms with Crippen LogP contribution in [0.4, 0.5) is 5.82 Å². The summed E-state index contributed by atoms with van der Waals surface area (Å²) in [6.07, 6.45) is 5.14. The van der Waals surface area contributed by atoms with Gasteiger partial charge in [0.1, 0.15) is 11.4 Å². The molecule has 2 aliphatic rings. The van der Waals surface area contributed by atoms with Crippen molar-refractivity contribution in [2.24, 2.45) is 0 Å². The molecule has 27 heavy (non-hydrogen) atoms. The number of pyridine rings is 2. The van der Waals surface area contributed by atoms with Crippen LogP contribution in [-0.4, -0.2) is 59.4 Å². The fourth-order valence-corrected chi connectivity index (χ4v) is 3.82. The lowest BCUT2D eigenvalue weighted by Gasteiger charge is -2.38. The van der Waals surface area contributed by atoms with Crippen LogP contribution in [0.2, 0.25) is 0 Å². The first-order chi connectivity index (χ1) is 13.1. The zero-order chi connectivity index (χ0) is 18.7. The van der Waals surface area contributed by atoms with Gasteiger partial charge in [0.05, 0.1) is 18.9 Å². The minimum absolute atomic E-state index is 0.667. The van der Waals surface area contributed by atoms with Gasteiger partial charge in [0.15, 0.2) is 0 Å². The normalized spacial score (nSPS) is 20.6. The predicted molar refractivity (Wildman–Crippen MR) is 105 cm³/mol. The lowest BCUT2D eigenvalue weighted by Crippen LogP contribution is -2.43. The Bertz CT molecular complexity index is 734. The van der Waals surface area contributed by atoms with Gasteiger partial charge in [-0.3, -0.25) is 9.88 Å². The molecule has 0 unspecified atom stereocenters. The summed E-state index contributed by atoms with van der Waals surface area (Å²) in [4.78, 5) is 13.8. The number of piperidine rings is 1. The molecule has 0 radical (unpaired) electrons. The van der Waals surface area contributed by atoms with Crippen molar-refractivity contribution in [3.63, 3.8) is 0 Å². The molecule has 4 rings (SSSR count). The molecule has 1 N–H and O–H groups in total. The Morgan fingerprint density at radius 2 is 1.78 bits per heavy atom. The standard InChI is InChI=1S/C21H28N4O2/c1-17-2-4-19(22-14-17)21(26)6-8-25(9-7-21)20-5-3-18(15-23-20)16-24-10-12-27-13-11-24/h2-5,14-15,26H,6-13,16H2,1H3. The van der Waals surface area contributed by atoms with Gasteiger partial charge in [-0.05, 0) is 43.0 Å². The molecular weight excluding hydrogens is 340 g/mol. The molecule has 2 aromatic heterocycles. The Labute approximate surface area is 160 Å². The van der Waals surface area contributed by atoms with Crippen molar-refractivity contribution >= 4 is 5.82 Å². The van der Waals surface area contributed by atoms with Crippen LogP contribution in [-0.2, 0) is 16.9 Å². The van der Waals surface area contributed by atoms with Crippen LogP contribution in [0.3, 0.4) is 0 Å². The molecule has 2 aromatic rings. The van der Waals surface area contributed by atoms with Gasteiger partial charge >= 0.3 is 0 Å². The number of hydrogen-bond donors (Lipinski definition) is 1. The lowest BCUT2D eigenvalue weighted by molar-refractivity contribution is 0.00747. The van der Waals surface area contributed by atoms with Crippen LogP contribution in [0, 0.1) is 6.92 Å². The first kappa shape index (κ1) is 18.3. The monoisotopic (exact) mass is 368 g/mol. The minimum atomic E-state index is -0.833. The number of anilines is 1. The number of morpholine rings is 1. The molecule has 0 atom stereocenters. The van der Waals surface area contributed by atoms with Crippen LogP contribution >= 0.6 is 0 Å². The highest BCUT2D eigenvalue weighted by molar-refractivity contribution is 5.40. The van der Waals surface area contributed by atoms with Crippen molar-refractivity contribution in [3.05, 3.63) is 53.5 Å². The highest BCUT2D eigenvalue weighted by atomic mass is 16.5. The second-order valence-corrected chi connectivity index (χ2v) is 7.65. The van der Waals surface area contributed by atoms with Crippen LogP contribution in [0.1, 0.15) is 29.7 Å². The highest BCUT2D eigenvalue weighted by Crippen LogP contribution is 2.33. The fraction of sp³-hybridized carbons (Fsp3) is 0.524. The molecular formula is C21H28N4O2. The van der Waals surface area contributed by atoms with E-state index in [0.29, 0.717) is 12.8 Å². The van der Waals surface area contributed by atoms with Crippen LogP contribution in [0.5, 0.6) is 0 Å². The van der Waals surface area contributed by atoms with Gasteiger partial charge in [-0.25, -0.2) is 4.98 Å². The van der Waals surface area contributed by atoms with E-state index in [0.717, 1.165) is 63.0 Å². The summed E-state index contributed by atoms with van der Waals surface area (Å²) in [5.74, 6) is 0.986. The number of hydrogen-bond acceptors (Lipinski definition) is 6. The van der Waals surface area contributed by atoms with E-state index < -0.39 is 5.60 Å². The van der Waals surface area contributed by atoms with E-state index >= 15 is 0 Å². The number of aromatic nitrogens is 2. The maximum Gasteiger partial charge on any atom is 0.128 e. The van der Waals surface area contributed by atoms with E-state index in [2.05, 4.69) is 31.9 Å². The molecule has 2 saturated heterocycles. The Morgan fingerprint density at radius 1 is 1.00 bits per heavy atom. The molecule has 144 valence electrons. The van der Waals surface area contributed by atoms with E-state index in [4.69, 9.17) is 4.74 Å². The second-order valence-electron chi connectivity index (χ2n) is 7.65. The quantitative estimate of drug-likeness (QED) is 0.892. The van der Waals surface area contributed by atoms with Gasteiger partial charge in [0.25, 0.3) is 0 Å². The lowest BCUT2D eigenvalue weighted by atomic mass is 9.87. The van der Waals surface area contributed by atoms with Crippen molar-refractivity contribution in [1.82, 2.24) is 14.9 Å². The molecule has 0 aliphatic carbocycles. The summed E-state index contributed by atoms with van der Waals surface area (Å²) in [7, 11) is 0. The van der Waals surface area contributed by atoms with Gasteiger partial charge < -0.3 is 14.7 Å². The van der Waals surface area contributed by atoms with Crippen molar-refractivity contribution in [2.45, 2.75) is 31.9 Å². The van der Waals surface area contributed by atoms with Gasteiger partial charge in [-0.1, -0.05) is 12.1 Å². The Hall–Kier alpha value is -2.02. The van der Waals surface area contributed by atoms with Crippen molar-refractivity contribution < 1.29 is 9.84 Å². The maximum atomic E-state index is 11.0. The van der Waals surface area contributed by atoms with Crippen LogP contribution in [0.25, 0.3) is 0 Å². The number of aryl methyl sites for hydroxylation is 1. The highest BCUT2D eigenvalue weighted by Gasteiger charge is 2.35. The summed E-state index contributed by atoms with van der Waals surface area (Å²) in [6, 6.07) is 8.23. The molecule has 0 bridgehead atoms. The fourth-order valence-electron chi connectivity index (χ4n) is 3.82. The van der Waals surface area contributed by atoms with Gasteiger partial charge in [-0.15, -0.1) is 0 Å². The molecule has 2 fully saturated rings. The molecule has 0 spiro atoms.